The van der Waals surface area contributed by atoms with Crippen molar-refractivity contribution in [2.75, 3.05) is 17.7 Å². The summed E-state index contributed by atoms with van der Waals surface area (Å²) in [5.41, 5.74) is 3.90. The van der Waals surface area contributed by atoms with Crippen LogP contribution in [-0.4, -0.2) is 29.8 Å². The van der Waals surface area contributed by atoms with Gasteiger partial charge in [0.15, 0.2) is 0 Å². The number of hydrogen-bond donors (Lipinski definition) is 2. The summed E-state index contributed by atoms with van der Waals surface area (Å²) in [6.45, 7) is 6.20. The van der Waals surface area contributed by atoms with Gasteiger partial charge < -0.3 is 10.6 Å². The van der Waals surface area contributed by atoms with Gasteiger partial charge in [-0.3, -0.25) is 14.5 Å². The average Bonchev–Trinajstić information content (AvgIpc) is 2.62. The van der Waals surface area contributed by atoms with Crippen molar-refractivity contribution < 1.29 is 9.59 Å². The van der Waals surface area contributed by atoms with Crippen LogP contribution in [0.15, 0.2) is 48.5 Å². The number of aryl methyl sites for hydroxylation is 1. The Morgan fingerprint density at radius 2 is 1.42 bits per heavy atom. The third-order valence-corrected chi connectivity index (χ3v) is 4.38. The van der Waals surface area contributed by atoms with Crippen LogP contribution in [0.1, 0.15) is 31.9 Å². The van der Waals surface area contributed by atoms with Crippen molar-refractivity contribution in [1.29, 1.82) is 0 Å². The molecule has 2 aromatic carbocycles. The molecule has 0 fully saturated rings. The minimum atomic E-state index is -0.268. The van der Waals surface area contributed by atoms with Crippen LogP contribution >= 0.6 is 0 Å². The van der Waals surface area contributed by atoms with Gasteiger partial charge in [0.2, 0.25) is 11.8 Å². The molecule has 2 rings (SSSR count). The van der Waals surface area contributed by atoms with Gasteiger partial charge >= 0.3 is 0 Å². The summed E-state index contributed by atoms with van der Waals surface area (Å²) in [7, 11) is 1.94. The Balaban J connectivity index is 1.91. The van der Waals surface area contributed by atoms with Crippen molar-refractivity contribution >= 4 is 23.2 Å². The zero-order valence-electron chi connectivity index (χ0n) is 15.9. The molecule has 0 aromatic heterocycles. The Bertz CT molecular complexity index is 739. The summed E-state index contributed by atoms with van der Waals surface area (Å²) < 4.78 is 0. The van der Waals surface area contributed by atoms with Crippen LogP contribution in [0, 0.1) is 0 Å². The highest BCUT2D eigenvalue weighted by Crippen LogP contribution is 2.15. The molecule has 5 nitrogen and oxygen atoms in total. The van der Waals surface area contributed by atoms with Crippen molar-refractivity contribution in [1.82, 2.24) is 4.90 Å². The van der Waals surface area contributed by atoms with E-state index in [1.165, 1.54) is 18.1 Å². The van der Waals surface area contributed by atoms with Crippen LogP contribution < -0.4 is 10.6 Å². The van der Waals surface area contributed by atoms with Gasteiger partial charge in [0, 0.05) is 24.8 Å². The van der Waals surface area contributed by atoms with Crippen molar-refractivity contribution in [2.24, 2.45) is 0 Å². The van der Waals surface area contributed by atoms with E-state index in [-0.39, 0.29) is 17.9 Å². The predicted molar refractivity (Wildman–Crippen MR) is 106 cm³/mol. The minimum Gasteiger partial charge on any atom is -0.326 e. The van der Waals surface area contributed by atoms with Crippen LogP contribution in [0.2, 0.25) is 0 Å². The Morgan fingerprint density at radius 1 is 0.923 bits per heavy atom. The first kappa shape index (κ1) is 19.7. The first-order valence-electron chi connectivity index (χ1n) is 8.85. The molecule has 0 aliphatic rings. The SMILES string of the molecule is CCc1ccc(CN(C)[C@@H](C)C(=O)Nc2ccc(NC(C)=O)cc2)cc1. The molecule has 0 aliphatic carbocycles. The molecule has 26 heavy (non-hydrogen) atoms. The normalized spacial score (nSPS) is 11.9. The summed E-state index contributed by atoms with van der Waals surface area (Å²) >= 11 is 0. The second kappa shape index (κ2) is 9.15. The quantitative estimate of drug-likeness (QED) is 0.798. The fourth-order valence-electron chi connectivity index (χ4n) is 2.59. The number of benzene rings is 2. The van der Waals surface area contributed by atoms with Crippen molar-refractivity contribution in [2.45, 2.75) is 39.8 Å². The highest BCUT2D eigenvalue weighted by molar-refractivity contribution is 5.95. The molecule has 2 N–H and O–H groups in total. The number of anilines is 2. The maximum atomic E-state index is 12.5. The lowest BCUT2D eigenvalue weighted by Gasteiger charge is -2.24. The predicted octanol–water partition coefficient (Wildman–Crippen LogP) is 3.67. The molecule has 0 heterocycles. The zero-order chi connectivity index (χ0) is 19.1. The molecular formula is C21H27N3O2. The molecule has 0 saturated carbocycles. The third kappa shape index (κ3) is 5.70. The zero-order valence-corrected chi connectivity index (χ0v) is 15.9. The van der Waals surface area contributed by atoms with E-state index in [1.807, 2.05) is 18.9 Å². The molecule has 0 bridgehead atoms. The number of nitrogens with one attached hydrogen (secondary N) is 2. The Hall–Kier alpha value is -2.66. The fourth-order valence-corrected chi connectivity index (χ4v) is 2.59. The summed E-state index contributed by atoms with van der Waals surface area (Å²) in [6.07, 6.45) is 1.02. The fraction of sp³-hybridized carbons (Fsp3) is 0.333. The maximum Gasteiger partial charge on any atom is 0.241 e. The maximum absolute atomic E-state index is 12.5. The lowest BCUT2D eigenvalue weighted by molar-refractivity contribution is -0.120. The van der Waals surface area contributed by atoms with Gasteiger partial charge in [-0.15, -0.1) is 0 Å². The van der Waals surface area contributed by atoms with E-state index in [4.69, 9.17) is 0 Å². The van der Waals surface area contributed by atoms with Gasteiger partial charge in [-0.25, -0.2) is 0 Å². The number of rotatable bonds is 7. The van der Waals surface area contributed by atoms with Crippen LogP contribution in [0.5, 0.6) is 0 Å². The number of nitrogens with zero attached hydrogens (tertiary/aromatic N) is 1. The summed E-state index contributed by atoms with van der Waals surface area (Å²) in [5.74, 6) is -0.186. The lowest BCUT2D eigenvalue weighted by atomic mass is 10.1. The summed E-state index contributed by atoms with van der Waals surface area (Å²) in [6, 6.07) is 15.3. The molecule has 0 aliphatic heterocycles. The third-order valence-electron chi connectivity index (χ3n) is 4.38. The molecule has 138 valence electrons. The summed E-state index contributed by atoms with van der Waals surface area (Å²) in [5, 5.41) is 5.62. The van der Waals surface area contributed by atoms with E-state index in [0.717, 1.165) is 6.42 Å². The van der Waals surface area contributed by atoms with E-state index in [9.17, 15) is 9.59 Å². The molecule has 2 amide bonds. The first-order valence-corrected chi connectivity index (χ1v) is 8.85. The molecular weight excluding hydrogens is 326 g/mol. The number of carbonyl (C=O) groups is 2. The smallest absolute Gasteiger partial charge is 0.241 e. The second-order valence-electron chi connectivity index (χ2n) is 6.51. The van der Waals surface area contributed by atoms with E-state index >= 15 is 0 Å². The highest BCUT2D eigenvalue weighted by Gasteiger charge is 2.18. The van der Waals surface area contributed by atoms with Crippen molar-refractivity contribution in [3.8, 4) is 0 Å². The van der Waals surface area contributed by atoms with Crippen LogP contribution in [0.3, 0.4) is 0 Å². The van der Waals surface area contributed by atoms with E-state index in [0.29, 0.717) is 17.9 Å². The van der Waals surface area contributed by atoms with E-state index in [2.05, 4.69) is 41.8 Å². The van der Waals surface area contributed by atoms with Crippen molar-refractivity contribution in [3.05, 3.63) is 59.7 Å². The Kier molecular flexibility index (Phi) is 6.92. The number of carbonyl (C=O) groups excluding carboxylic acids is 2. The standard InChI is InChI=1S/C21H27N3O2/c1-5-17-6-8-18(9-7-17)14-24(4)15(2)21(26)23-20-12-10-19(11-13-20)22-16(3)25/h6-13,15H,5,14H2,1-4H3,(H,22,25)(H,23,26)/t15-/m0/s1. The number of hydrogen-bond acceptors (Lipinski definition) is 3. The van der Waals surface area contributed by atoms with Gasteiger partial charge in [-0.05, 0) is 55.8 Å². The van der Waals surface area contributed by atoms with Crippen LogP contribution in [-0.2, 0) is 22.6 Å². The molecule has 0 saturated heterocycles. The molecule has 1 atom stereocenters. The van der Waals surface area contributed by atoms with Gasteiger partial charge in [0.1, 0.15) is 0 Å². The van der Waals surface area contributed by atoms with Crippen molar-refractivity contribution in [3.63, 3.8) is 0 Å². The Morgan fingerprint density at radius 3 is 1.92 bits per heavy atom. The molecule has 0 radical (unpaired) electrons. The lowest BCUT2D eigenvalue weighted by Crippen LogP contribution is -2.39. The van der Waals surface area contributed by atoms with Gasteiger partial charge in [0.25, 0.3) is 0 Å². The first-order chi connectivity index (χ1) is 12.4. The van der Waals surface area contributed by atoms with Crippen LogP contribution in [0.4, 0.5) is 11.4 Å². The van der Waals surface area contributed by atoms with Gasteiger partial charge in [0.05, 0.1) is 6.04 Å². The largest absolute Gasteiger partial charge is 0.326 e. The number of likely N-dealkylation sites (N-methyl/N-ethyl adjacent to an activating group) is 1. The summed E-state index contributed by atoms with van der Waals surface area (Å²) in [4.78, 5) is 25.5. The molecule has 0 spiro atoms. The minimum absolute atomic E-state index is 0.0649. The van der Waals surface area contributed by atoms with E-state index in [1.54, 1.807) is 24.3 Å². The van der Waals surface area contributed by atoms with Gasteiger partial charge in [-0.2, -0.15) is 0 Å². The van der Waals surface area contributed by atoms with Gasteiger partial charge in [-0.1, -0.05) is 31.2 Å². The highest BCUT2D eigenvalue weighted by atomic mass is 16.2. The molecule has 5 heteroatoms. The topological polar surface area (TPSA) is 61.4 Å². The van der Waals surface area contributed by atoms with E-state index < -0.39 is 0 Å². The second-order valence-corrected chi connectivity index (χ2v) is 6.51. The molecule has 2 aromatic rings. The molecule has 0 unspecified atom stereocenters. The number of amides is 2. The Labute approximate surface area is 155 Å². The average molecular weight is 353 g/mol. The van der Waals surface area contributed by atoms with Crippen LogP contribution in [0.25, 0.3) is 0 Å². The monoisotopic (exact) mass is 353 g/mol.